The number of alkyl halides is 12. The van der Waals surface area contributed by atoms with E-state index >= 15 is 0 Å². The molecule has 0 radical (unpaired) electrons. The van der Waals surface area contributed by atoms with Crippen molar-refractivity contribution in [1.82, 2.24) is 44.1 Å². The van der Waals surface area contributed by atoms with E-state index in [9.17, 15) is 103 Å². The molecule has 0 unspecified atom stereocenters. The number of morpholine rings is 2. The number of likely N-dealkylation sites (N-methyl/N-ethyl adjacent to an activating group) is 2. The molecule has 22 nitrogen and oxygen atoms in total. The number of nitrogens with two attached hydrogens (primary N) is 1. The number of likely N-dealkylation sites (tertiary alicyclic amines) is 1. The molecule has 6 saturated heterocycles. The first-order chi connectivity index (χ1) is 69.3. The molecule has 0 aliphatic carbocycles. The number of rotatable bonds is 37. The van der Waals surface area contributed by atoms with Gasteiger partial charge in [-0.3, -0.25) is 58.2 Å². The summed E-state index contributed by atoms with van der Waals surface area (Å²) in [5.74, 6) is -12.4. The Labute approximate surface area is 883 Å². The molecule has 0 spiro atoms. The number of piperazine rings is 3. The first-order valence-electron chi connectivity index (χ1n) is 50.4. The quantitative estimate of drug-likeness (QED) is 0.0359. The van der Waals surface area contributed by atoms with Crippen molar-refractivity contribution < 1.29 is 132 Å². The van der Waals surface area contributed by atoms with Gasteiger partial charge in [-0.2, -0.15) is 0 Å². The van der Waals surface area contributed by atoms with Crippen molar-refractivity contribution in [3.63, 3.8) is 0 Å². The molecule has 6 aliphatic rings. The third-order valence-electron chi connectivity index (χ3n) is 26.6. The zero-order valence-corrected chi connectivity index (χ0v) is 88.7. The fourth-order valence-electron chi connectivity index (χ4n) is 17.9. The van der Waals surface area contributed by atoms with E-state index in [0.29, 0.717) is 119 Å². The van der Waals surface area contributed by atoms with Crippen molar-refractivity contribution >= 4 is 57.9 Å². The van der Waals surface area contributed by atoms with Gasteiger partial charge in [0, 0.05) is 203 Å². The number of carbonyl (C=O) groups excluding carboxylic acids is 6. The molecule has 0 saturated carbocycles. The highest BCUT2D eigenvalue weighted by Crippen LogP contribution is 2.38. The summed E-state index contributed by atoms with van der Waals surface area (Å²) in [4.78, 5) is 95.7. The van der Waals surface area contributed by atoms with Crippen LogP contribution in [0.2, 0.25) is 10.0 Å². The molecular weight excluding hydrogens is 2040 g/mol. The summed E-state index contributed by atoms with van der Waals surface area (Å²) in [7, 11) is 0. The second-order valence-electron chi connectivity index (χ2n) is 39.9. The fraction of sp³-hybridized carbons (Fsp3) is 0.615. The minimum Gasteiger partial charge on any atom is -0.403 e. The number of ketones is 6. The highest BCUT2D eigenvalue weighted by atomic mass is 35.5. The Hall–Kier alpha value is -8.55. The summed E-state index contributed by atoms with van der Waals surface area (Å²) >= 11 is 11.7. The summed E-state index contributed by atoms with van der Waals surface area (Å²) in [5.41, 5.74) is 9.16. The summed E-state index contributed by atoms with van der Waals surface area (Å²) in [5, 5.41) is 0.799. The average Bonchev–Trinajstić information content (AvgIpc) is 1.04. The number of halogens is 19. The van der Waals surface area contributed by atoms with Gasteiger partial charge in [-0.1, -0.05) is 177 Å². The number of nitrogens with zero attached hydrogens (tertiary/aromatic N) is 9. The van der Waals surface area contributed by atoms with Crippen LogP contribution < -0.4 is 24.7 Å². The van der Waals surface area contributed by atoms with Gasteiger partial charge in [0.25, 0.3) is 0 Å². The second kappa shape index (κ2) is 62.3. The molecule has 0 bridgehead atoms. The molecule has 6 aliphatic heterocycles. The molecule has 6 aromatic rings. The van der Waals surface area contributed by atoms with E-state index in [1.165, 1.54) is 30.3 Å². The maximum atomic E-state index is 14.1. The third kappa shape index (κ3) is 44.4. The van der Waals surface area contributed by atoms with E-state index in [4.69, 9.17) is 38.4 Å². The van der Waals surface area contributed by atoms with E-state index < -0.39 is 101 Å². The topological polar surface area (TPSA) is 213 Å². The molecule has 844 valence electrons. The van der Waals surface area contributed by atoms with Crippen LogP contribution in [0.5, 0.6) is 23.0 Å². The number of benzene rings is 6. The fourth-order valence-corrected chi connectivity index (χ4v) is 18.2. The van der Waals surface area contributed by atoms with Crippen molar-refractivity contribution in [2.24, 2.45) is 41.2 Å². The molecule has 0 aromatic heterocycles. The van der Waals surface area contributed by atoms with Crippen LogP contribution in [0, 0.1) is 64.6 Å². The highest BCUT2D eigenvalue weighted by Gasteiger charge is 2.41. The SMILES string of the molecule is C.C.CC(C)C(=O)[C@@H](CN1CCOCC1)c1ccc(OC(F)(F)F)c(F)c1.CC(C)C(=O)[C@@H](CN1CC[C@@H](N)C1)c1ccc(Cl)cc1.CC(C)C(=O)[C@H](CN1CCN(C(C)C)CC1)c1ccc(Cl)c(F)c1.CC(C)C(=O)[C@H](CN1CCOCC1)c1ccc(OC(F)(F)F)c(F)c1.CCN1CCN(C[C@@H](C(=O)C(C)C)c2ccc(OC(F)(F)F)c(F)c2)CC1.CCN1CCN(C[C@H](C(=O)C(C)C)c2ccc(OC(F)(F)F)c(F)c2)CC1. The second-order valence-corrected chi connectivity index (χ2v) is 40.7. The minimum atomic E-state index is -4.97. The number of Topliss-reactive ketones (excluding diaryl/α,β-unsaturated/α-hetero) is 6. The number of hydrogen-bond donors (Lipinski definition) is 1. The summed E-state index contributed by atoms with van der Waals surface area (Å²) in [6.45, 7) is 52.6. The van der Waals surface area contributed by atoms with Gasteiger partial charge >= 0.3 is 25.4 Å². The number of hydrogen-bond acceptors (Lipinski definition) is 22. The Morgan fingerprint density at radius 1 is 0.313 bits per heavy atom. The first-order valence-corrected chi connectivity index (χ1v) is 51.1. The smallest absolute Gasteiger partial charge is 0.403 e. The van der Waals surface area contributed by atoms with Crippen LogP contribution in [0.4, 0.5) is 74.6 Å². The lowest BCUT2D eigenvalue weighted by atomic mass is 9.88. The van der Waals surface area contributed by atoms with Gasteiger partial charge < -0.3 is 48.9 Å². The average molecular weight is 2190 g/mol. The standard InChI is InChI=1S/C19H28ClFN2O.2C19H26F4N2O2.2C17H21F4NO3.C16H23ClN2O.2CH4/c1-13(2)19(24)16(15-5-6-17(20)18(21)11-15)12-22-7-9-23(10-8-22)14(3)4;2*1-4-24-7-9-25(10-8-24)12-15(18(26)13(2)3)14-5-6-17(16(20)11-14)27-19(21,22)23;2*1-11(2)16(23)13(10-22-5-7-24-8-6-22)12-3-4-15(14(18)9-12)25-17(19,20)21;1-11(2)16(20)15(10-19-8-7-14(18)9-19)12-3-5-13(17)6-4-12;;/h5-6,11,13-14,16H,7-10,12H2,1-4H3;2*5-6,11,13,15H,4,7-10,12H2,1-3H3;2*3-4,9,11,13H,5-8,10H2,1-2H3;3-6,11,14-15H,7-10,18H2,1-2H3;2*1H4/t16-;2*15-;2*13-;14-,15+;;/m110101../s1. The van der Waals surface area contributed by atoms with Crippen molar-refractivity contribution in [3.8, 4) is 23.0 Å². The lowest BCUT2D eigenvalue weighted by Gasteiger charge is -2.38. The lowest BCUT2D eigenvalue weighted by Crippen LogP contribution is -2.50. The van der Waals surface area contributed by atoms with Crippen molar-refractivity contribution in [2.75, 3.05) is 197 Å². The zero-order valence-electron chi connectivity index (χ0n) is 87.2. The van der Waals surface area contributed by atoms with Gasteiger partial charge in [0.05, 0.1) is 67.0 Å². The van der Waals surface area contributed by atoms with Gasteiger partial charge in [0.15, 0.2) is 46.3 Å². The normalized spacial score (nSPS) is 18.1. The van der Waals surface area contributed by atoms with E-state index in [1.54, 1.807) is 67.5 Å². The van der Waals surface area contributed by atoms with Gasteiger partial charge in [0.1, 0.15) is 40.5 Å². The van der Waals surface area contributed by atoms with Crippen LogP contribution in [0.15, 0.2) is 115 Å². The van der Waals surface area contributed by atoms with Crippen LogP contribution in [0.25, 0.3) is 0 Å². The molecular formula is C109H153Cl2F17N10O12. The monoisotopic (exact) mass is 2190 g/mol. The number of carbonyl (C=O) groups is 6. The van der Waals surface area contributed by atoms with Gasteiger partial charge in [-0.25, -0.2) is 22.0 Å². The molecule has 6 aromatic carbocycles. The molecule has 2 N–H and O–H groups in total. The van der Waals surface area contributed by atoms with E-state index in [1.807, 2.05) is 61.8 Å². The van der Waals surface area contributed by atoms with E-state index in [0.717, 1.165) is 177 Å². The summed E-state index contributed by atoms with van der Waals surface area (Å²) in [6, 6.07) is 26.1. The van der Waals surface area contributed by atoms with Gasteiger partial charge in [0.2, 0.25) is 0 Å². The highest BCUT2D eigenvalue weighted by molar-refractivity contribution is 6.31. The molecule has 6 heterocycles. The molecule has 41 heteroatoms. The largest absolute Gasteiger partial charge is 0.573 e. The van der Waals surface area contributed by atoms with Crippen molar-refractivity contribution in [2.45, 2.75) is 205 Å². The zero-order chi connectivity index (χ0) is 110. The van der Waals surface area contributed by atoms with Crippen LogP contribution in [-0.4, -0.2) is 313 Å². The van der Waals surface area contributed by atoms with E-state index in [2.05, 4.69) is 80.9 Å². The molecule has 7 atom stereocenters. The Morgan fingerprint density at radius 2 is 0.533 bits per heavy atom. The predicted molar refractivity (Wildman–Crippen MR) is 548 cm³/mol. The maximum Gasteiger partial charge on any atom is 0.573 e. The molecule has 0 amide bonds. The number of ether oxygens (including phenoxy) is 6. The van der Waals surface area contributed by atoms with Crippen LogP contribution >= 0.6 is 23.2 Å². The first kappa shape index (κ1) is 132. The van der Waals surface area contributed by atoms with E-state index in [-0.39, 0.29) is 108 Å². The van der Waals surface area contributed by atoms with Crippen LogP contribution in [0.3, 0.4) is 0 Å². The molecule has 6 fully saturated rings. The van der Waals surface area contributed by atoms with Gasteiger partial charge in [-0.05, 0) is 146 Å². The molecule has 150 heavy (non-hydrogen) atoms. The van der Waals surface area contributed by atoms with Crippen LogP contribution in [-0.2, 0) is 38.2 Å². The summed E-state index contributed by atoms with van der Waals surface area (Å²) < 4.78 is 243. The predicted octanol–water partition coefficient (Wildman–Crippen LogP) is 21.8. The summed E-state index contributed by atoms with van der Waals surface area (Å²) in [6.07, 6.45) is -18.8. The Morgan fingerprint density at radius 3 is 0.753 bits per heavy atom. The van der Waals surface area contributed by atoms with Crippen molar-refractivity contribution in [1.29, 1.82) is 0 Å². The van der Waals surface area contributed by atoms with Crippen LogP contribution in [0.1, 0.15) is 201 Å². The minimum absolute atomic E-state index is 0. The lowest BCUT2D eigenvalue weighted by molar-refractivity contribution is -0.276. The maximum absolute atomic E-state index is 14.1. The Kier molecular flexibility index (Phi) is 54.7. The third-order valence-corrected chi connectivity index (χ3v) is 27.1. The van der Waals surface area contributed by atoms with Gasteiger partial charge in [-0.15, -0.1) is 52.7 Å². The Bertz CT molecular complexity index is 4910. The molecule has 12 rings (SSSR count). The Balaban J connectivity index is 0.000000316. The van der Waals surface area contributed by atoms with Crippen molar-refractivity contribution in [3.05, 3.63) is 188 Å².